The minimum atomic E-state index is 0.192. The van der Waals surface area contributed by atoms with E-state index >= 15 is 0 Å². The summed E-state index contributed by atoms with van der Waals surface area (Å²) in [5.41, 5.74) is 17.1. The molecule has 1 N–H and O–H groups in total. The zero-order chi connectivity index (χ0) is 37.0. The first-order valence-corrected chi connectivity index (χ1v) is 18.9. The maximum absolute atomic E-state index is 5.32. The van der Waals surface area contributed by atoms with Gasteiger partial charge in [-0.05, 0) is 98.3 Å². The summed E-state index contributed by atoms with van der Waals surface area (Å²) in [6, 6.07) is 59.3. The molecular weight excluding hydrogens is 667 g/mol. The number of allylic oxidation sites excluding steroid dienone is 4. The summed E-state index contributed by atoms with van der Waals surface area (Å²) in [5, 5.41) is 3.42. The van der Waals surface area contributed by atoms with Crippen molar-refractivity contribution < 1.29 is 0 Å². The lowest BCUT2D eigenvalue weighted by Crippen LogP contribution is -2.18. The van der Waals surface area contributed by atoms with Crippen LogP contribution in [0.3, 0.4) is 0 Å². The second-order valence-electron chi connectivity index (χ2n) is 14.2. The van der Waals surface area contributed by atoms with Crippen LogP contribution in [0.1, 0.15) is 17.2 Å². The molecule has 0 spiro atoms. The van der Waals surface area contributed by atoms with E-state index < -0.39 is 0 Å². The van der Waals surface area contributed by atoms with Gasteiger partial charge in [-0.3, -0.25) is 0 Å². The van der Waals surface area contributed by atoms with Gasteiger partial charge in [0.15, 0.2) is 0 Å². The molecule has 0 bridgehead atoms. The average molecular weight is 708 g/mol. The molecule has 1 aromatic heterocycles. The highest BCUT2D eigenvalue weighted by molar-refractivity contribution is 5.82. The molecule has 0 fully saturated rings. The molecule has 2 aliphatic rings. The lowest BCUT2D eigenvalue weighted by atomic mass is 9.94. The number of nitrogens with one attached hydrogen (secondary N) is 1. The third-order valence-corrected chi connectivity index (χ3v) is 10.6. The van der Waals surface area contributed by atoms with E-state index in [0.29, 0.717) is 0 Å². The van der Waals surface area contributed by atoms with Gasteiger partial charge in [0.2, 0.25) is 0 Å². The Kier molecular flexibility index (Phi) is 9.34. The quantitative estimate of drug-likeness (QED) is 0.170. The van der Waals surface area contributed by atoms with Crippen LogP contribution in [0, 0.1) is 0 Å². The van der Waals surface area contributed by atoms with Crippen LogP contribution in [-0.4, -0.2) is 23.5 Å². The summed E-state index contributed by atoms with van der Waals surface area (Å²) < 4.78 is 0. The molecule has 0 radical (unpaired) electrons. The Morgan fingerprint density at radius 1 is 0.473 bits per heavy atom. The highest BCUT2D eigenvalue weighted by atomic mass is 15.1. The van der Waals surface area contributed by atoms with Crippen LogP contribution >= 0.6 is 0 Å². The van der Waals surface area contributed by atoms with Crippen molar-refractivity contribution in [3.05, 3.63) is 218 Å². The van der Waals surface area contributed by atoms with E-state index in [1.165, 1.54) is 44.6 Å². The number of hydrogen-bond acceptors (Lipinski definition) is 3. The Morgan fingerprint density at radius 3 is 1.65 bits per heavy atom. The minimum Gasteiger partial charge on any atom is -0.381 e. The molecule has 6 aromatic carbocycles. The molecule has 0 saturated heterocycles. The lowest BCUT2D eigenvalue weighted by molar-refractivity contribution is 0.531. The van der Waals surface area contributed by atoms with E-state index in [4.69, 9.17) is 4.98 Å². The number of benzene rings is 6. The van der Waals surface area contributed by atoms with Gasteiger partial charge in [-0.2, -0.15) is 0 Å². The normalized spacial score (nSPS) is 14.7. The van der Waals surface area contributed by atoms with E-state index in [9.17, 15) is 0 Å². The number of likely N-dealkylation sites (N-methyl/N-ethyl adjacent to an activating group) is 1. The first kappa shape index (κ1) is 33.8. The largest absolute Gasteiger partial charge is 0.381 e. The molecule has 1 atom stereocenters. The number of rotatable bonds is 8. The highest BCUT2D eigenvalue weighted by Gasteiger charge is 2.14. The summed E-state index contributed by atoms with van der Waals surface area (Å²) in [4.78, 5) is 7.60. The van der Waals surface area contributed by atoms with Crippen molar-refractivity contribution in [2.24, 2.45) is 0 Å². The topological polar surface area (TPSA) is 28.2 Å². The Bertz CT molecular complexity index is 2580. The van der Waals surface area contributed by atoms with E-state index in [1.54, 1.807) is 0 Å². The standard InChI is InChI=1S/C52H41N3/c1-55-32-8-6-18-52(55)43-29-23-40(24-30-43)45-14-10-16-47(34-45)51-36-48(35-50(54-51)42-27-19-38(20-28-42)37-11-3-2-4-12-37)46-15-9-13-44(33-46)39-21-25-41(26-22-39)49-17-5-7-31-53-49/h2-31,33-36,49,53H,32H2,1H3. The maximum Gasteiger partial charge on any atom is 0.0715 e. The Balaban J connectivity index is 1.08. The molecule has 55 heavy (non-hydrogen) atoms. The molecule has 0 saturated carbocycles. The third-order valence-electron chi connectivity index (χ3n) is 10.6. The van der Waals surface area contributed by atoms with Crippen molar-refractivity contribution in [1.29, 1.82) is 0 Å². The number of nitrogens with zero attached hydrogens (tertiary/aromatic N) is 2. The predicted octanol–water partition coefficient (Wildman–Crippen LogP) is 12.6. The van der Waals surface area contributed by atoms with E-state index in [-0.39, 0.29) is 6.04 Å². The molecule has 0 amide bonds. The van der Waals surface area contributed by atoms with Gasteiger partial charge in [0.05, 0.1) is 17.4 Å². The number of hydrogen-bond donors (Lipinski definition) is 1. The zero-order valence-corrected chi connectivity index (χ0v) is 30.8. The van der Waals surface area contributed by atoms with Gasteiger partial charge in [-0.25, -0.2) is 4.98 Å². The van der Waals surface area contributed by atoms with Crippen LogP contribution in [0.4, 0.5) is 0 Å². The van der Waals surface area contributed by atoms with Crippen LogP contribution in [0.2, 0.25) is 0 Å². The van der Waals surface area contributed by atoms with Gasteiger partial charge in [0, 0.05) is 30.4 Å². The molecule has 0 aliphatic carbocycles. The molecule has 3 nitrogen and oxygen atoms in total. The molecule has 2 aliphatic heterocycles. The summed E-state index contributed by atoms with van der Waals surface area (Å²) in [6.45, 7) is 0.923. The third kappa shape index (κ3) is 7.33. The van der Waals surface area contributed by atoms with Crippen molar-refractivity contribution >= 4 is 5.70 Å². The van der Waals surface area contributed by atoms with Gasteiger partial charge < -0.3 is 10.2 Å². The average Bonchev–Trinajstić information content (AvgIpc) is 3.27. The zero-order valence-electron chi connectivity index (χ0n) is 30.8. The monoisotopic (exact) mass is 707 g/mol. The Labute approximate surface area is 324 Å². The molecule has 9 rings (SSSR count). The number of pyridine rings is 1. The van der Waals surface area contributed by atoms with Crippen LogP contribution in [0.15, 0.2) is 206 Å². The van der Waals surface area contributed by atoms with Crippen LogP contribution in [0.5, 0.6) is 0 Å². The fraction of sp³-hybridized carbons (Fsp3) is 0.0577. The summed E-state index contributed by atoms with van der Waals surface area (Å²) in [7, 11) is 2.14. The van der Waals surface area contributed by atoms with Crippen molar-refractivity contribution in [1.82, 2.24) is 15.2 Å². The smallest absolute Gasteiger partial charge is 0.0715 e. The van der Waals surface area contributed by atoms with Gasteiger partial charge >= 0.3 is 0 Å². The van der Waals surface area contributed by atoms with E-state index in [2.05, 4.69) is 211 Å². The Morgan fingerprint density at radius 2 is 1.00 bits per heavy atom. The van der Waals surface area contributed by atoms with Crippen LogP contribution in [-0.2, 0) is 0 Å². The van der Waals surface area contributed by atoms with E-state index in [0.717, 1.165) is 45.7 Å². The fourth-order valence-electron chi connectivity index (χ4n) is 7.48. The van der Waals surface area contributed by atoms with Crippen LogP contribution in [0.25, 0.3) is 72.7 Å². The van der Waals surface area contributed by atoms with Crippen molar-refractivity contribution in [2.45, 2.75) is 6.04 Å². The molecule has 7 aromatic rings. The molecule has 1 unspecified atom stereocenters. The SMILES string of the molecule is CN1CC=CC=C1c1ccc(-c2cccc(-c3cc(-c4cccc(-c5ccc(C6C=CC=CN6)cc5)c4)cc(-c4ccc(-c5ccccc5)cc4)n3)c2)cc1. The Hall–Kier alpha value is -6.97. The molecular formula is C52H41N3. The summed E-state index contributed by atoms with van der Waals surface area (Å²) >= 11 is 0. The van der Waals surface area contributed by atoms with Gasteiger partial charge in [-0.1, -0.05) is 164 Å². The van der Waals surface area contributed by atoms with Gasteiger partial charge in [-0.15, -0.1) is 0 Å². The highest BCUT2D eigenvalue weighted by Crippen LogP contribution is 2.35. The summed E-state index contributed by atoms with van der Waals surface area (Å²) in [6.07, 6.45) is 14.8. The second kappa shape index (κ2) is 15.2. The van der Waals surface area contributed by atoms with Gasteiger partial charge in [0.25, 0.3) is 0 Å². The maximum atomic E-state index is 5.32. The van der Waals surface area contributed by atoms with Crippen molar-refractivity contribution in [3.63, 3.8) is 0 Å². The number of dihydropyridines is 1. The first-order valence-electron chi connectivity index (χ1n) is 18.9. The van der Waals surface area contributed by atoms with Crippen molar-refractivity contribution in [2.75, 3.05) is 13.6 Å². The van der Waals surface area contributed by atoms with E-state index in [1.807, 2.05) is 12.3 Å². The fourth-order valence-corrected chi connectivity index (χ4v) is 7.48. The van der Waals surface area contributed by atoms with Crippen LogP contribution < -0.4 is 5.32 Å². The lowest BCUT2D eigenvalue weighted by Gasteiger charge is -2.23. The van der Waals surface area contributed by atoms with Gasteiger partial charge in [0.1, 0.15) is 0 Å². The molecule has 3 heteroatoms. The molecule has 264 valence electrons. The summed E-state index contributed by atoms with van der Waals surface area (Å²) in [5.74, 6) is 0. The second-order valence-corrected chi connectivity index (χ2v) is 14.2. The predicted molar refractivity (Wildman–Crippen MR) is 231 cm³/mol. The molecule has 3 heterocycles. The number of aromatic nitrogens is 1. The first-order chi connectivity index (χ1) is 27.1. The minimum absolute atomic E-state index is 0.192. The van der Waals surface area contributed by atoms with Crippen molar-refractivity contribution in [3.8, 4) is 67.0 Å².